The summed E-state index contributed by atoms with van der Waals surface area (Å²) in [6.45, 7) is 5.40. The third-order valence-corrected chi connectivity index (χ3v) is 5.28. The molecule has 1 saturated heterocycles. The quantitative estimate of drug-likeness (QED) is 0.355. The fourth-order valence-electron chi connectivity index (χ4n) is 3.77. The maximum atomic E-state index is 12.4. The molecule has 1 aliphatic heterocycles. The summed E-state index contributed by atoms with van der Waals surface area (Å²) in [5.41, 5.74) is 0. The zero-order valence-corrected chi connectivity index (χ0v) is 19.4. The first-order chi connectivity index (χ1) is 13.7. The lowest BCUT2D eigenvalue weighted by Crippen LogP contribution is -2.54. The van der Waals surface area contributed by atoms with E-state index in [2.05, 4.69) is 20.5 Å². The summed E-state index contributed by atoms with van der Waals surface area (Å²) in [6, 6.07) is 3.71. The second kappa shape index (κ2) is 12.0. The molecule has 1 saturated carbocycles. The van der Waals surface area contributed by atoms with Crippen LogP contribution in [0.25, 0.3) is 0 Å². The Morgan fingerprint density at radius 2 is 1.83 bits per heavy atom. The van der Waals surface area contributed by atoms with E-state index in [1.807, 2.05) is 6.92 Å². The first-order valence-corrected chi connectivity index (χ1v) is 10.3. The number of nitrogens with one attached hydrogen (secondary N) is 2. The van der Waals surface area contributed by atoms with Crippen molar-refractivity contribution in [2.45, 2.75) is 45.1 Å². The topological polar surface area (TPSA) is 90.2 Å². The number of amides is 2. The van der Waals surface area contributed by atoms with Gasteiger partial charge < -0.3 is 24.9 Å². The Hall–Kier alpha value is -1.78. The zero-order valence-electron chi connectivity index (χ0n) is 17.1. The van der Waals surface area contributed by atoms with E-state index in [1.165, 1.54) is 25.5 Å². The molecule has 2 N–H and O–H groups in total. The Morgan fingerprint density at radius 1 is 1.14 bits per heavy atom. The van der Waals surface area contributed by atoms with Gasteiger partial charge in [0.15, 0.2) is 11.7 Å². The highest BCUT2D eigenvalue weighted by molar-refractivity contribution is 14.0. The molecular weight excluding hydrogens is 485 g/mol. The Kier molecular flexibility index (Phi) is 9.75. The Morgan fingerprint density at radius 3 is 2.45 bits per heavy atom. The van der Waals surface area contributed by atoms with E-state index in [1.54, 1.807) is 17.0 Å². The fraction of sp³-hybridized carbons (Fsp3) is 0.650. The molecule has 0 unspecified atom stereocenters. The molecule has 2 fully saturated rings. The van der Waals surface area contributed by atoms with Gasteiger partial charge in [-0.1, -0.05) is 19.3 Å². The lowest BCUT2D eigenvalue weighted by atomic mass is 9.95. The molecular formula is C20H32IN5O3. The van der Waals surface area contributed by atoms with Crippen LogP contribution in [0.5, 0.6) is 0 Å². The molecule has 29 heavy (non-hydrogen) atoms. The van der Waals surface area contributed by atoms with Crippen molar-refractivity contribution in [2.75, 3.05) is 39.3 Å². The molecule has 0 atom stereocenters. The number of hydrogen-bond donors (Lipinski definition) is 2. The largest absolute Gasteiger partial charge is 0.459 e. The van der Waals surface area contributed by atoms with Crippen LogP contribution in [0, 0.1) is 0 Å². The van der Waals surface area contributed by atoms with Gasteiger partial charge in [0.1, 0.15) is 6.54 Å². The van der Waals surface area contributed by atoms with Gasteiger partial charge >= 0.3 is 0 Å². The van der Waals surface area contributed by atoms with Gasteiger partial charge in [-0.3, -0.25) is 9.59 Å². The first kappa shape index (κ1) is 23.5. The van der Waals surface area contributed by atoms with Crippen LogP contribution in [0.4, 0.5) is 0 Å². The Balaban J connectivity index is 0.00000300. The molecule has 1 aliphatic carbocycles. The Bertz CT molecular complexity index is 666. The van der Waals surface area contributed by atoms with Crippen LogP contribution < -0.4 is 10.6 Å². The van der Waals surface area contributed by atoms with Gasteiger partial charge in [-0.15, -0.1) is 24.0 Å². The highest BCUT2D eigenvalue weighted by Crippen LogP contribution is 2.17. The van der Waals surface area contributed by atoms with Crippen molar-refractivity contribution in [3.63, 3.8) is 0 Å². The van der Waals surface area contributed by atoms with Crippen molar-refractivity contribution < 1.29 is 14.0 Å². The van der Waals surface area contributed by atoms with E-state index < -0.39 is 0 Å². The number of carbonyl (C=O) groups excluding carboxylic acids is 2. The van der Waals surface area contributed by atoms with Crippen molar-refractivity contribution in [3.05, 3.63) is 24.2 Å². The normalized spacial score (nSPS) is 18.2. The summed E-state index contributed by atoms with van der Waals surface area (Å²) >= 11 is 0. The second-order valence-electron chi connectivity index (χ2n) is 7.33. The van der Waals surface area contributed by atoms with Crippen LogP contribution in [0.15, 0.2) is 27.8 Å². The minimum Gasteiger partial charge on any atom is -0.459 e. The van der Waals surface area contributed by atoms with Gasteiger partial charge in [-0.05, 0) is 31.9 Å². The molecule has 9 heteroatoms. The number of guanidine groups is 1. The van der Waals surface area contributed by atoms with Crippen molar-refractivity contribution in [2.24, 2.45) is 4.99 Å². The zero-order chi connectivity index (χ0) is 19.8. The van der Waals surface area contributed by atoms with E-state index in [4.69, 9.17) is 4.42 Å². The summed E-state index contributed by atoms with van der Waals surface area (Å²) in [7, 11) is 0. The average molecular weight is 517 g/mol. The molecule has 2 aliphatic rings. The summed E-state index contributed by atoms with van der Waals surface area (Å²) < 4.78 is 5.20. The molecule has 1 aromatic heterocycles. The molecule has 0 aromatic carbocycles. The lowest BCUT2D eigenvalue weighted by molar-refractivity contribution is -0.120. The van der Waals surface area contributed by atoms with Crippen molar-refractivity contribution in [1.82, 2.24) is 20.4 Å². The van der Waals surface area contributed by atoms with Gasteiger partial charge in [0.25, 0.3) is 5.91 Å². The van der Waals surface area contributed by atoms with E-state index in [-0.39, 0.29) is 42.3 Å². The van der Waals surface area contributed by atoms with Crippen molar-refractivity contribution >= 4 is 41.8 Å². The highest BCUT2D eigenvalue weighted by Gasteiger charge is 2.25. The van der Waals surface area contributed by atoms with Crippen LogP contribution >= 0.6 is 24.0 Å². The number of furan rings is 1. The van der Waals surface area contributed by atoms with E-state index in [0.717, 1.165) is 25.3 Å². The minimum atomic E-state index is -0.0848. The lowest BCUT2D eigenvalue weighted by Gasteiger charge is -2.36. The fourth-order valence-corrected chi connectivity index (χ4v) is 3.77. The second-order valence-corrected chi connectivity index (χ2v) is 7.33. The molecule has 8 nitrogen and oxygen atoms in total. The smallest absolute Gasteiger partial charge is 0.289 e. The predicted octanol–water partition coefficient (Wildman–Crippen LogP) is 2.07. The SMILES string of the molecule is CCNC(=NCC(=O)NC1CCCCC1)N1CCN(C(=O)c2ccco2)CC1.I. The van der Waals surface area contributed by atoms with Crippen LogP contribution in [0.2, 0.25) is 0 Å². The summed E-state index contributed by atoms with van der Waals surface area (Å²) in [6.07, 6.45) is 7.30. The maximum absolute atomic E-state index is 12.4. The number of rotatable bonds is 5. The summed E-state index contributed by atoms with van der Waals surface area (Å²) in [5.74, 6) is 0.993. The number of hydrogen-bond acceptors (Lipinski definition) is 4. The molecule has 2 amide bonds. The minimum absolute atomic E-state index is 0. The van der Waals surface area contributed by atoms with Crippen LogP contribution in [-0.2, 0) is 4.79 Å². The van der Waals surface area contributed by atoms with Crippen LogP contribution in [0.3, 0.4) is 0 Å². The highest BCUT2D eigenvalue weighted by atomic mass is 127. The van der Waals surface area contributed by atoms with Crippen molar-refractivity contribution in [3.8, 4) is 0 Å². The predicted molar refractivity (Wildman–Crippen MR) is 123 cm³/mol. The molecule has 3 rings (SSSR count). The third-order valence-electron chi connectivity index (χ3n) is 5.28. The van der Waals surface area contributed by atoms with Crippen LogP contribution in [0.1, 0.15) is 49.6 Å². The summed E-state index contributed by atoms with van der Waals surface area (Å²) in [4.78, 5) is 33.0. The monoisotopic (exact) mass is 517 g/mol. The Labute approximate surface area is 189 Å². The van der Waals surface area contributed by atoms with Gasteiger partial charge in [0, 0.05) is 38.8 Å². The molecule has 0 radical (unpaired) electrons. The number of halogens is 1. The molecule has 0 bridgehead atoms. The van der Waals surface area contributed by atoms with Gasteiger partial charge in [0.2, 0.25) is 5.91 Å². The molecule has 162 valence electrons. The third kappa shape index (κ3) is 6.90. The van der Waals surface area contributed by atoms with Crippen molar-refractivity contribution in [1.29, 1.82) is 0 Å². The van der Waals surface area contributed by atoms with Gasteiger partial charge in [-0.2, -0.15) is 0 Å². The maximum Gasteiger partial charge on any atom is 0.289 e. The standard InChI is InChI=1S/C20H31N5O3.HI/c1-2-21-20(22-15-18(26)23-16-7-4-3-5-8-16)25-12-10-24(11-13-25)19(27)17-9-6-14-28-17;/h6,9,14,16H,2-5,7-8,10-13,15H2,1H3,(H,21,22)(H,23,26);1H. The number of nitrogens with zero attached hydrogens (tertiary/aromatic N) is 3. The van der Waals surface area contributed by atoms with Gasteiger partial charge in [-0.25, -0.2) is 4.99 Å². The first-order valence-electron chi connectivity index (χ1n) is 10.3. The van der Waals surface area contributed by atoms with E-state index in [9.17, 15) is 9.59 Å². The van der Waals surface area contributed by atoms with Crippen LogP contribution in [-0.4, -0.2) is 72.9 Å². The van der Waals surface area contributed by atoms with E-state index in [0.29, 0.717) is 38.0 Å². The average Bonchev–Trinajstić information content (AvgIpc) is 3.26. The summed E-state index contributed by atoms with van der Waals surface area (Å²) in [5, 5.41) is 6.36. The molecule has 2 heterocycles. The number of carbonyl (C=O) groups is 2. The number of aliphatic imine (C=N–C) groups is 1. The van der Waals surface area contributed by atoms with E-state index >= 15 is 0 Å². The molecule has 1 aromatic rings. The number of piperazine rings is 1. The van der Waals surface area contributed by atoms with Gasteiger partial charge in [0.05, 0.1) is 6.26 Å². The molecule has 0 spiro atoms.